The first-order chi connectivity index (χ1) is 14.5. The number of aliphatic imine (C=N–C) groups is 1. The summed E-state index contributed by atoms with van der Waals surface area (Å²) in [6.07, 6.45) is 2.11. The Hall–Kier alpha value is -1.81. The average Bonchev–Trinajstić information content (AvgIpc) is 3.12. The fraction of sp³-hybridized carbons (Fsp3) is 0.565. The van der Waals surface area contributed by atoms with Gasteiger partial charge < -0.3 is 19.9 Å². The van der Waals surface area contributed by atoms with Crippen LogP contribution in [0.1, 0.15) is 43.5 Å². The van der Waals surface area contributed by atoms with Crippen LogP contribution in [-0.2, 0) is 24.9 Å². The molecule has 8 heteroatoms. The largest absolute Gasteiger partial charge is 0.378 e. The van der Waals surface area contributed by atoms with Crippen LogP contribution in [0.2, 0.25) is 0 Å². The molecule has 7 nitrogen and oxygen atoms in total. The van der Waals surface area contributed by atoms with Crippen molar-refractivity contribution >= 4 is 35.6 Å². The van der Waals surface area contributed by atoms with E-state index in [1.165, 1.54) is 16.8 Å². The van der Waals surface area contributed by atoms with Crippen LogP contribution in [0.15, 0.2) is 35.5 Å². The van der Waals surface area contributed by atoms with Gasteiger partial charge in [0.25, 0.3) is 0 Å². The van der Waals surface area contributed by atoms with Gasteiger partial charge in [0.05, 0.1) is 25.5 Å². The lowest BCUT2D eigenvalue weighted by molar-refractivity contribution is 0.122. The number of nitrogens with zero attached hydrogens (tertiary/aromatic N) is 5. The molecular formula is C23H37IN6O. The second kappa shape index (κ2) is 12.3. The van der Waals surface area contributed by atoms with Crippen LogP contribution in [-0.4, -0.2) is 60.5 Å². The van der Waals surface area contributed by atoms with E-state index >= 15 is 0 Å². The highest BCUT2D eigenvalue weighted by Gasteiger charge is 2.17. The third kappa shape index (κ3) is 6.83. The van der Waals surface area contributed by atoms with Crippen LogP contribution in [0.5, 0.6) is 0 Å². The molecule has 0 saturated carbocycles. The van der Waals surface area contributed by atoms with Crippen molar-refractivity contribution in [2.45, 2.75) is 39.8 Å². The molecule has 0 unspecified atom stereocenters. The van der Waals surface area contributed by atoms with E-state index in [1.54, 1.807) is 0 Å². The van der Waals surface area contributed by atoms with Crippen LogP contribution in [0.3, 0.4) is 0 Å². The lowest BCUT2D eigenvalue weighted by atomic mass is 10.1. The molecule has 0 spiro atoms. The summed E-state index contributed by atoms with van der Waals surface area (Å²) < 4.78 is 7.42. The van der Waals surface area contributed by atoms with Crippen LogP contribution in [0.25, 0.3) is 0 Å². The topological polar surface area (TPSA) is 57.9 Å². The predicted octanol–water partition coefficient (Wildman–Crippen LogP) is 3.60. The van der Waals surface area contributed by atoms with E-state index in [-0.39, 0.29) is 24.0 Å². The lowest BCUT2D eigenvalue weighted by Gasteiger charge is -2.30. The molecule has 0 amide bonds. The molecule has 0 aliphatic carbocycles. The van der Waals surface area contributed by atoms with E-state index in [2.05, 4.69) is 78.5 Å². The number of guanidine groups is 1. The summed E-state index contributed by atoms with van der Waals surface area (Å²) in [6, 6.07) is 8.56. The molecular weight excluding hydrogens is 503 g/mol. The van der Waals surface area contributed by atoms with E-state index in [1.807, 2.05) is 11.7 Å². The van der Waals surface area contributed by atoms with Gasteiger partial charge in [0.1, 0.15) is 0 Å². The predicted molar refractivity (Wildman–Crippen MR) is 138 cm³/mol. The fourth-order valence-electron chi connectivity index (χ4n) is 3.88. The van der Waals surface area contributed by atoms with Gasteiger partial charge in [-0.05, 0) is 24.5 Å². The van der Waals surface area contributed by atoms with Gasteiger partial charge in [0.15, 0.2) is 5.96 Å². The number of benzene rings is 1. The highest BCUT2D eigenvalue weighted by Crippen LogP contribution is 2.23. The average molecular weight is 540 g/mol. The van der Waals surface area contributed by atoms with Crippen LogP contribution in [0, 0.1) is 0 Å². The molecule has 1 aliphatic heterocycles. The highest BCUT2D eigenvalue weighted by molar-refractivity contribution is 14.0. The summed E-state index contributed by atoms with van der Waals surface area (Å²) in [6.45, 7) is 12.2. The normalized spacial score (nSPS) is 14.5. The Labute approximate surface area is 203 Å². The number of aromatic nitrogens is 2. The van der Waals surface area contributed by atoms with Crippen molar-refractivity contribution in [2.24, 2.45) is 12.0 Å². The Balaban J connectivity index is 0.00000341. The standard InChI is InChI=1S/C23H36N6O.HI/c1-6-24-23(27(4)16-20-17-28(5)26-22(20)18(2)3)25-15-19-9-7-8-10-21(19)29-11-13-30-14-12-29;/h7-10,17-18H,6,11-16H2,1-5H3,(H,24,25);1H. The van der Waals surface area contributed by atoms with Gasteiger partial charge in [-0.1, -0.05) is 32.0 Å². The van der Waals surface area contributed by atoms with Gasteiger partial charge in [-0.3, -0.25) is 4.68 Å². The zero-order chi connectivity index (χ0) is 21.5. The van der Waals surface area contributed by atoms with Gasteiger partial charge in [-0.15, -0.1) is 24.0 Å². The number of halogens is 1. The molecule has 0 atom stereocenters. The minimum atomic E-state index is 0. The number of hydrogen-bond donors (Lipinski definition) is 1. The fourth-order valence-corrected chi connectivity index (χ4v) is 3.88. The monoisotopic (exact) mass is 540 g/mol. The van der Waals surface area contributed by atoms with E-state index in [4.69, 9.17) is 9.73 Å². The van der Waals surface area contributed by atoms with Crippen LogP contribution < -0.4 is 10.2 Å². The van der Waals surface area contributed by atoms with Gasteiger partial charge in [-0.25, -0.2) is 4.99 Å². The molecule has 31 heavy (non-hydrogen) atoms. The van der Waals surface area contributed by atoms with Crippen LogP contribution >= 0.6 is 24.0 Å². The van der Waals surface area contributed by atoms with Crippen molar-refractivity contribution in [1.29, 1.82) is 0 Å². The van der Waals surface area contributed by atoms with Crippen molar-refractivity contribution in [3.05, 3.63) is 47.3 Å². The Morgan fingerprint density at radius 1 is 1.23 bits per heavy atom. The molecule has 1 aromatic heterocycles. The molecule has 2 heterocycles. The highest BCUT2D eigenvalue weighted by atomic mass is 127. The molecule has 0 bridgehead atoms. The van der Waals surface area contributed by atoms with E-state index in [9.17, 15) is 0 Å². The van der Waals surface area contributed by atoms with Crippen molar-refractivity contribution < 1.29 is 4.74 Å². The van der Waals surface area contributed by atoms with Gasteiger partial charge in [0.2, 0.25) is 0 Å². The quantitative estimate of drug-likeness (QED) is 0.331. The molecule has 1 aromatic carbocycles. The molecule has 1 saturated heterocycles. The smallest absolute Gasteiger partial charge is 0.194 e. The maximum atomic E-state index is 5.51. The summed E-state index contributed by atoms with van der Waals surface area (Å²) in [7, 11) is 4.07. The Morgan fingerprint density at radius 2 is 1.94 bits per heavy atom. The number of aryl methyl sites for hydroxylation is 1. The molecule has 1 aliphatic rings. The Morgan fingerprint density at radius 3 is 2.61 bits per heavy atom. The summed E-state index contributed by atoms with van der Waals surface area (Å²) in [5.74, 6) is 1.31. The molecule has 3 rings (SSSR count). The first-order valence-electron chi connectivity index (χ1n) is 10.9. The second-order valence-electron chi connectivity index (χ2n) is 8.12. The summed E-state index contributed by atoms with van der Waals surface area (Å²) in [5.41, 5.74) is 4.90. The SMILES string of the molecule is CCNC(=NCc1ccccc1N1CCOCC1)N(C)Cc1cn(C)nc1C(C)C.I. The molecule has 0 radical (unpaired) electrons. The number of rotatable bonds is 7. The van der Waals surface area contributed by atoms with E-state index < -0.39 is 0 Å². The number of nitrogens with one attached hydrogen (secondary N) is 1. The van der Waals surface area contributed by atoms with Crippen molar-refractivity contribution in [1.82, 2.24) is 20.0 Å². The minimum absolute atomic E-state index is 0. The zero-order valence-electron chi connectivity index (χ0n) is 19.5. The van der Waals surface area contributed by atoms with Gasteiger partial charge >= 0.3 is 0 Å². The number of anilines is 1. The molecule has 1 fully saturated rings. The first kappa shape index (κ1) is 25.5. The number of ether oxygens (including phenoxy) is 1. The summed E-state index contributed by atoms with van der Waals surface area (Å²) >= 11 is 0. The van der Waals surface area contributed by atoms with Crippen molar-refractivity contribution in [2.75, 3.05) is 44.8 Å². The maximum absolute atomic E-state index is 5.51. The van der Waals surface area contributed by atoms with E-state index in [0.717, 1.165) is 51.0 Å². The van der Waals surface area contributed by atoms with Crippen molar-refractivity contribution in [3.8, 4) is 0 Å². The van der Waals surface area contributed by atoms with E-state index in [0.29, 0.717) is 12.5 Å². The lowest BCUT2D eigenvalue weighted by Crippen LogP contribution is -2.39. The van der Waals surface area contributed by atoms with Gasteiger partial charge in [-0.2, -0.15) is 5.10 Å². The zero-order valence-corrected chi connectivity index (χ0v) is 21.8. The minimum Gasteiger partial charge on any atom is -0.378 e. The molecule has 172 valence electrons. The number of hydrogen-bond acceptors (Lipinski definition) is 4. The Bertz CT molecular complexity index is 844. The third-order valence-corrected chi connectivity index (χ3v) is 5.33. The molecule has 2 aromatic rings. The summed E-state index contributed by atoms with van der Waals surface area (Å²) in [5, 5.41) is 8.08. The number of morpholine rings is 1. The third-order valence-electron chi connectivity index (χ3n) is 5.33. The second-order valence-corrected chi connectivity index (χ2v) is 8.12. The summed E-state index contributed by atoms with van der Waals surface area (Å²) in [4.78, 5) is 9.55. The van der Waals surface area contributed by atoms with Gasteiger partial charge in [0, 0.05) is 57.7 Å². The Kier molecular flexibility index (Phi) is 10.1. The van der Waals surface area contributed by atoms with Crippen LogP contribution in [0.4, 0.5) is 5.69 Å². The number of para-hydroxylation sites is 1. The maximum Gasteiger partial charge on any atom is 0.194 e. The van der Waals surface area contributed by atoms with Crippen molar-refractivity contribution in [3.63, 3.8) is 0 Å². The first-order valence-corrected chi connectivity index (χ1v) is 10.9. The molecule has 1 N–H and O–H groups in total.